The highest BCUT2D eigenvalue weighted by Gasteiger charge is 2.25. The van der Waals surface area contributed by atoms with E-state index in [2.05, 4.69) is 16.8 Å². The van der Waals surface area contributed by atoms with Crippen molar-refractivity contribution in [3.63, 3.8) is 0 Å². The van der Waals surface area contributed by atoms with Crippen LogP contribution < -0.4 is 16.4 Å². The molecule has 0 saturated carbocycles. The lowest BCUT2D eigenvalue weighted by Crippen LogP contribution is -2.50. The number of nitrogens with zero attached hydrogens (tertiary/aromatic N) is 2. The van der Waals surface area contributed by atoms with Gasteiger partial charge < -0.3 is 21.1 Å². The number of hydrogen-bond donors (Lipinski definition) is 2. The predicted octanol–water partition coefficient (Wildman–Crippen LogP) is -0.267. The number of pyridine rings is 1. The maximum atomic E-state index is 11.1. The van der Waals surface area contributed by atoms with Crippen molar-refractivity contribution in [1.29, 1.82) is 0 Å². The van der Waals surface area contributed by atoms with Crippen LogP contribution in [0, 0.1) is 0 Å². The van der Waals surface area contributed by atoms with Gasteiger partial charge in [0.1, 0.15) is 5.69 Å². The van der Waals surface area contributed by atoms with Crippen molar-refractivity contribution in [3.05, 3.63) is 24.0 Å². The minimum absolute atomic E-state index is 0.0198. The van der Waals surface area contributed by atoms with Crippen LogP contribution in [0.15, 0.2) is 18.3 Å². The zero-order valence-electron chi connectivity index (χ0n) is 10.4. The molecule has 1 amide bonds. The highest BCUT2D eigenvalue weighted by molar-refractivity contribution is 5.91. The Balaban J connectivity index is 2.23. The van der Waals surface area contributed by atoms with Crippen LogP contribution in [-0.2, 0) is 4.74 Å². The maximum Gasteiger partial charge on any atom is 0.267 e. The highest BCUT2D eigenvalue weighted by Crippen LogP contribution is 2.21. The lowest BCUT2D eigenvalue weighted by molar-refractivity contribution is 0.0283. The van der Waals surface area contributed by atoms with E-state index in [9.17, 15) is 4.79 Å². The Kier molecular flexibility index (Phi) is 3.78. The van der Waals surface area contributed by atoms with Gasteiger partial charge in [0.2, 0.25) is 0 Å². The molecule has 18 heavy (non-hydrogen) atoms. The molecule has 4 N–H and O–H groups in total. The molecule has 98 valence electrons. The van der Waals surface area contributed by atoms with E-state index in [1.807, 2.05) is 6.07 Å². The number of carbonyl (C=O) groups is 1. The third-order valence-corrected chi connectivity index (χ3v) is 3.10. The molecule has 6 heteroatoms. The molecular formula is C12H18N4O2. The fourth-order valence-electron chi connectivity index (χ4n) is 2.05. The van der Waals surface area contributed by atoms with Crippen LogP contribution >= 0.6 is 0 Å². The number of hydrogen-bond acceptors (Lipinski definition) is 5. The zero-order chi connectivity index (χ0) is 13.1. The van der Waals surface area contributed by atoms with E-state index >= 15 is 0 Å². The first-order valence-electron chi connectivity index (χ1n) is 5.96. The number of nitrogens with two attached hydrogens (primary N) is 2. The molecule has 0 bridgehead atoms. The first kappa shape index (κ1) is 12.8. The molecule has 1 aromatic rings. The van der Waals surface area contributed by atoms with Gasteiger partial charge in [-0.15, -0.1) is 0 Å². The highest BCUT2D eigenvalue weighted by atomic mass is 16.5. The van der Waals surface area contributed by atoms with Crippen molar-refractivity contribution in [2.75, 3.05) is 24.6 Å². The van der Waals surface area contributed by atoms with E-state index in [4.69, 9.17) is 16.2 Å². The van der Waals surface area contributed by atoms with Crippen molar-refractivity contribution < 1.29 is 9.53 Å². The van der Waals surface area contributed by atoms with Crippen molar-refractivity contribution in [2.24, 2.45) is 11.5 Å². The number of amides is 1. The normalized spacial score (nSPS) is 24.0. The van der Waals surface area contributed by atoms with Crippen molar-refractivity contribution in [1.82, 2.24) is 4.98 Å². The molecule has 2 rings (SSSR count). The Labute approximate surface area is 106 Å². The summed E-state index contributed by atoms with van der Waals surface area (Å²) in [7, 11) is 0. The van der Waals surface area contributed by atoms with Crippen LogP contribution in [0.1, 0.15) is 17.4 Å². The molecule has 0 radical (unpaired) electrons. The summed E-state index contributed by atoms with van der Waals surface area (Å²) < 4.78 is 5.59. The number of ether oxygens (including phenoxy) is 1. The quantitative estimate of drug-likeness (QED) is 0.770. The summed E-state index contributed by atoms with van der Waals surface area (Å²) in [4.78, 5) is 17.2. The van der Waals surface area contributed by atoms with Gasteiger partial charge in [-0.05, 0) is 19.1 Å². The second kappa shape index (κ2) is 5.32. The minimum atomic E-state index is -0.520. The largest absolute Gasteiger partial charge is 0.373 e. The second-order valence-corrected chi connectivity index (χ2v) is 4.46. The van der Waals surface area contributed by atoms with Gasteiger partial charge in [-0.2, -0.15) is 0 Å². The molecule has 1 fully saturated rings. The number of aromatic nitrogens is 1. The SMILES string of the molecule is CC1COC(CN)CN1c1ccnc(C(N)=O)c1. The molecule has 2 atom stereocenters. The maximum absolute atomic E-state index is 11.1. The van der Waals surface area contributed by atoms with Crippen molar-refractivity contribution >= 4 is 11.6 Å². The topological polar surface area (TPSA) is 94.5 Å². The van der Waals surface area contributed by atoms with E-state index < -0.39 is 5.91 Å². The average molecular weight is 250 g/mol. The van der Waals surface area contributed by atoms with Gasteiger partial charge in [-0.3, -0.25) is 9.78 Å². The van der Waals surface area contributed by atoms with Gasteiger partial charge in [0.05, 0.1) is 12.7 Å². The number of anilines is 1. The minimum Gasteiger partial charge on any atom is -0.373 e. The first-order chi connectivity index (χ1) is 8.61. The van der Waals surface area contributed by atoms with Gasteiger partial charge in [0, 0.05) is 31.0 Å². The van der Waals surface area contributed by atoms with Gasteiger partial charge in [0.15, 0.2) is 0 Å². The summed E-state index contributed by atoms with van der Waals surface area (Å²) in [5, 5.41) is 0. The number of rotatable bonds is 3. The molecule has 1 aliphatic heterocycles. The third-order valence-electron chi connectivity index (χ3n) is 3.10. The van der Waals surface area contributed by atoms with E-state index in [0.717, 1.165) is 5.69 Å². The molecule has 0 aromatic carbocycles. The van der Waals surface area contributed by atoms with Crippen LogP contribution in [0.25, 0.3) is 0 Å². The van der Waals surface area contributed by atoms with Crippen LogP contribution in [0.4, 0.5) is 5.69 Å². The Morgan fingerprint density at radius 1 is 1.67 bits per heavy atom. The smallest absolute Gasteiger partial charge is 0.267 e. The molecule has 0 spiro atoms. The van der Waals surface area contributed by atoms with Crippen molar-refractivity contribution in [3.8, 4) is 0 Å². The van der Waals surface area contributed by atoms with E-state index in [-0.39, 0.29) is 17.8 Å². The Morgan fingerprint density at radius 2 is 2.44 bits per heavy atom. The third kappa shape index (κ3) is 2.60. The summed E-state index contributed by atoms with van der Waals surface area (Å²) >= 11 is 0. The molecular weight excluding hydrogens is 232 g/mol. The Hall–Kier alpha value is -1.66. The van der Waals surface area contributed by atoms with Crippen LogP contribution in [0.2, 0.25) is 0 Å². The lowest BCUT2D eigenvalue weighted by atomic mass is 10.1. The van der Waals surface area contributed by atoms with Gasteiger partial charge in [-0.25, -0.2) is 0 Å². The molecule has 1 aromatic heterocycles. The molecule has 2 heterocycles. The number of carbonyl (C=O) groups excluding carboxylic acids is 1. The van der Waals surface area contributed by atoms with E-state index in [0.29, 0.717) is 19.7 Å². The summed E-state index contributed by atoms with van der Waals surface area (Å²) in [5.41, 5.74) is 12.1. The van der Waals surface area contributed by atoms with Gasteiger partial charge in [0.25, 0.3) is 5.91 Å². The first-order valence-corrected chi connectivity index (χ1v) is 5.96. The predicted molar refractivity (Wildman–Crippen MR) is 68.4 cm³/mol. The second-order valence-electron chi connectivity index (χ2n) is 4.46. The van der Waals surface area contributed by atoms with E-state index in [1.165, 1.54) is 0 Å². The van der Waals surface area contributed by atoms with Crippen LogP contribution in [0.3, 0.4) is 0 Å². The molecule has 2 unspecified atom stereocenters. The van der Waals surface area contributed by atoms with Crippen LogP contribution in [-0.4, -0.2) is 42.7 Å². The summed E-state index contributed by atoms with van der Waals surface area (Å²) in [6.45, 7) is 3.88. The standard InChI is InChI=1S/C12H18N4O2/c1-8-7-18-10(5-13)6-16(8)9-2-3-15-11(4-9)12(14)17/h2-4,8,10H,5-7,13H2,1H3,(H2,14,17). The average Bonchev–Trinajstić information content (AvgIpc) is 2.39. The van der Waals surface area contributed by atoms with Gasteiger partial charge >= 0.3 is 0 Å². The van der Waals surface area contributed by atoms with E-state index in [1.54, 1.807) is 12.3 Å². The fraction of sp³-hybridized carbons (Fsp3) is 0.500. The monoisotopic (exact) mass is 250 g/mol. The molecule has 1 saturated heterocycles. The molecule has 6 nitrogen and oxygen atoms in total. The van der Waals surface area contributed by atoms with Crippen LogP contribution in [0.5, 0.6) is 0 Å². The lowest BCUT2D eigenvalue weighted by Gasteiger charge is -2.39. The summed E-state index contributed by atoms with van der Waals surface area (Å²) in [5.74, 6) is -0.520. The molecule has 0 aliphatic carbocycles. The number of primary amides is 1. The summed E-state index contributed by atoms with van der Waals surface area (Å²) in [6, 6.07) is 3.80. The fourth-order valence-corrected chi connectivity index (χ4v) is 2.05. The van der Waals surface area contributed by atoms with Gasteiger partial charge in [-0.1, -0.05) is 0 Å². The Bertz CT molecular complexity index is 438. The Morgan fingerprint density at radius 3 is 3.11 bits per heavy atom. The van der Waals surface area contributed by atoms with Crippen molar-refractivity contribution in [2.45, 2.75) is 19.1 Å². The zero-order valence-corrected chi connectivity index (χ0v) is 10.4. The molecule has 1 aliphatic rings. The summed E-state index contributed by atoms with van der Waals surface area (Å²) in [6.07, 6.45) is 1.61. The number of morpholine rings is 1.